The van der Waals surface area contributed by atoms with Crippen molar-refractivity contribution in [3.63, 3.8) is 0 Å². The maximum Gasteiger partial charge on any atom is 0.250 e. The number of nitrogens with one attached hydrogen (secondary N) is 1. The van der Waals surface area contributed by atoms with E-state index in [9.17, 15) is 9.59 Å². The summed E-state index contributed by atoms with van der Waals surface area (Å²) in [5.74, 6) is -0.734. The Morgan fingerprint density at radius 2 is 1.82 bits per heavy atom. The van der Waals surface area contributed by atoms with Crippen LogP contribution in [-0.4, -0.2) is 29.2 Å². The number of carbonyl (C=O) groups is 2. The number of anilines is 1. The van der Waals surface area contributed by atoms with Crippen LogP contribution >= 0.6 is 11.6 Å². The average Bonchev–Trinajstić information content (AvgIpc) is 3.48. The summed E-state index contributed by atoms with van der Waals surface area (Å²) in [7, 11) is 0. The molecule has 3 aromatic carbocycles. The molecule has 3 aromatic rings. The molecule has 1 spiro atoms. The largest absolute Gasteiger partial charge is 0.324 e. The van der Waals surface area contributed by atoms with E-state index in [0.717, 1.165) is 41.8 Å². The van der Waals surface area contributed by atoms with E-state index in [4.69, 9.17) is 11.6 Å². The van der Waals surface area contributed by atoms with Crippen LogP contribution < -0.4 is 5.32 Å². The van der Waals surface area contributed by atoms with Gasteiger partial charge in [-0.3, -0.25) is 14.5 Å². The highest BCUT2D eigenvalue weighted by Gasteiger charge is 2.69. The summed E-state index contributed by atoms with van der Waals surface area (Å²) in [5.41, 5.74) is 3.38. The first-order chi connectivity index (χ1) is 16.0. The molecule has 0 bridgehead atoms. The number of ketones is 1. The Morgan fingerprint density at radius 1 is 1.06 bits per heavy atom. The lowest BCUT2D eigenvalue weighted by Crippen LogP contribution is -2.52. The molecular formula is C28H25ClN2O2. The summed E-state index contributed by atoms with van der Waals surface area (Å²) in [5, 5.41) is 3.67. The fourth-order valence-corrected chi connectivity index (χ4v) is 6.65. The van der Waals surface area contributed by atoms with Crippen LogP contribution in [0, 0.1) is 12.8 Å². The zero-order chi connectivity index (χ0) is 22.7. The van der Waals surface area contributed by atoms with Gasteiger partial charge in [-0.15, -0.1) is 0 Å². The van der Waals surface area contributed by atoms with Gasteiger partial charge in [0.25, 0.3) is 0 Å². The fraction of sp³-hybridized carbons (Fsp3) is 0.286. The summed E-state index contributed by atoms with van der Waals surface area (Å²) < 4.78 is 0. The topological polar surface area (TPSA) is 49.4 Å². The van der Waals surface area contributed by atoms with Crippen LogP contribution in [0.15, 0.2) is 72.8 Å². The van der Waals surface area contributed by atoms with E-state index in [0.29, 0.717) is 10.6 Å². The molecule has 33 heavy (non-hydrogen) atoms. The third-order valence-electron chi connectivity index (χ3n) is 7.77. The molecule has 4 nitrogen and oxygen atoms in total. The van der Waals surface area contributed by atoms with Crippen LogP contribution in [-0.2, 0) is 10.3 Å². The number of carbonyl (C=O) groups excluding carboxylic acids is 2. The summed E-state index contributed by atoms with van der Waals surface area (Å²) in [6.45, 7) is 2.79. The second-order valence-corrected chi connectivity index (χ2v) is 9.89. The van der Waals surface area contributed by atoms with Crippen LogP contribution in [0.5, 0.6) is 0 Å². The van der Waals surface area contributed by atoms with E-state index >= 15 is 0 Å². The monoisotopic (exact) mass is 456 g/mol. The smallest absolute Gasteiger partial charge is 0.250 e. The second-order valence-electron chi connectivity index (χ2n) is 9.46. The van der Waals surface area contributed by atoms with Crippen molar-refractivity contribution in [3.05, 3.63) is 100 Å². The molecule has 3 aliphatic rings. The first-order valence-electron chi connectivity index (χ1n) is 11.6. The van der Waals surface area contributed by atoms with Gasteiger partial charge in [0.2, 0.25) is 5.91 Å². The molecule has 4 atom stereocenters. The third kappa shape index (κ3) is 2.87. The molecule has 1 N–H and O–H groups in total. The number of benzene rings is 3. The Bertz CT molecular complexity index is 1260. The molecule has 1 amide bonds. The van der Waals surface area contributed by atoms with Crippen LogP contribution in [0.3, 0.4) is 0 Å². The van der Waals surface area contributed by atoms with Crippen LogP contribution in [0.4, 0.5) is 5.69 Å². The lowest BCUT2D eigenvalue weighted by atomic mass is 9.69. The van der Waals surface area contributed by atoms with Crippen molar-refractivity contribution in [2.75, 3.05) is 11.9 Å². The van der Waals surface area contributed by atoms with E-state index < -0.39 is 11.5 Å². The number of aryl methyl sites for hydroxylation is 1. The number of rotatable bonds is 3. The van der Waals surface area contributed by atoms with Gasteiger partial charge in [-0.05, 0) is 50.1 Å². The Labute approximate surface area is 198 Å². The third-order valence-corrected chi connectivity index (χ3v) is 8.00. The highest BCUT2D eigenvalue weighted by atomic mass is 35.5. The van der Waals surface area contributed by atoms with Crippen molar-refractivity contribution in [2.24, 2.45) is 5.92 Å². The Morgan fingerprint density at radius 3 is 2.58 bits per heavy atom. The lowest BCUT2D eigenvalue weighted by molar-refractivity contribution is -0.127. The minimum Gasteiger partial charge on any atom is -0.324 e. The van der Waals surface area contributed by atoms with E-state index in [1.807, 2.05) is 61.5 Å². The second kappa shape index (κ2) is 7.54. The number of hydrogen-bond donors (Lipinski definition) is 1. The minimum absolute atomic E-state index is 0.0150. The van der Waals surface area contributed by atoms with Crippen LogP contribution in [0.1, 0.15) is 45.8 Å². The molecular weight excluding hydrogens is 432 g/mol. The van der Waals surface area contributed by atoms with Crippen molar-refractivity contribution in [1.82, 2.24) is 4.90 Å². The quantitative estimate of drug-likeness (QED) is 0.525. The van der Waals surface area contributed by atoms with Gasteiger partial charge in [0, 0.05) is 33.8 Å². The Kier molecular flexibility index (Phi) is 4.72. The predicted molar refractivity (Wildman–Crippen MR) is 130 cm³/mol. The highest BCUT2D eigenvalue weighted by Crippen LogP contribution is 2.61. The van der Waals surface area contributed by atoms with Crippen molar-refractivity contribution in [2.45, 2.75) is 37.3 Å². The normalized spacial score (nSPS) is 28.1. The van der Waals surface area contributed by atoms with Crippen molar-refractivity contribution in [1.29, 1.82) is 0 Å². The molecule has 6 rings (SSSR count). The molecule has 3 aliphatic heterocycles. The fourth-order valence-electron chi connectivity index (χ4n) is 6.48. The zero-order valence-electron chi connectivity index (χ0n) is 18.4. The van der Waals surface area contributed by atoms with Gasteiger partial charge in [0.15, 0.2) is 5.78 Å². The van der Waals surface area contributed by atoms with Gasteiger partial charge in [0.1, 0.15) is 5.54 Å². The number of fused-ring (bicyclic) bond motifs is 4. The lowest BCUT2D eigenvalue weighted by Gasteiger charge is -2.37. The maximum absolute atomic E-state index is 14.3. The number of nitrogens with zero attached hydrogens (tertiary/aromatic N) is 1. The van der Waals surface area contributed by atoms with Gasteiger partial charge >= 0.3 is 0 Å². The molecule has 5 heteroatoms. The molecule has 0 saturated carbocycles. The van der Waals surface area contributed by atoms with Gasteiger partial charge in [-0.1, -0.05) is 71.8 Å². The molecule has 166 valence electrons. The van der Waals surface area contributed by atoms with Gasteiger partial charge in [-0.25, -0.2) is 0 Å². The Hall–Kier alpha value is -2.95. The van der Waals surface area contributed by atoms with E-state index in [2.05, 4.69) is 22.3 Å². The first-order valence-corrected chi connectivity index (χ1v) is 11.9. The van der Waals surface area contributed by atoms with Crippen molar-refractivity contribution < 1.29 is 9.59 Å². The molecule has 0 aliphatic carbocycles. The zero-order valence-corrected chi connectivity index (χ0v) is 19.2. The molecule has 3 unspecified atom stereocenters. The summed E-state index contributed by atoms with van der Waals surface area (Å²) in [4.78, 5) is 30.6. The SMILES string of the molecule is Cc1ccc(C(=O)C2C(c3ccccc3)C3CCCN3[C@@]23C(=O)Nc2ccc(Cl)cc23)cc1. The van der Waals surface area contributed by atoms with Gasteiger partial charge in [-0.2, -0.15) is 0 Å². The number of halogens is 1. The summed E-state index contributed by atoms with van der Waals surface area (Å²) in [6, 6.07) is 23.6. The molecule has 3 heterocycles. The molecule has 2 saturated heterocycles. The van der Waals surface area contributed by atoms with Gasteiger partial charge < -0.3 is 5.32 Å². The van der Waals surface area contributed by atoms with Crippen molar-refractivity contribution >= 4 is 29.0 Å². The molecule has 0 aromatic heterocycles. The Balaban J connectivity index is 1.62. The van der Waals surface area contributed by atoms with Gasteiger partial charge in [0.05, 0.1) is 5.92 Å². The molecule has 0 radical (unpaired) electrons. The van der Waals surface area contributed by atoms with E-state index in [1.54, 1.807) is 6.07 Å². The number of hydrogen-bond acceptors (Lipinski definition) is 3. The van der Waals surface area contributed by atoms with Crippen LogP contribution in [0.25, 0.3) is 0 Å². The van der Waals surface area contributed by atoms with E-state index in [1.165, 1.54) is 0 Å². The standard InChI is InChI=1S/C28H25ClN2O2/c1-17-9-11-19(12-10-17)26(32)25-24(18-6-3-2-4-7-18)23-8-5-15-31(23)28(25)21-16-20(29)13-14-22(21)30-27(28)33/h2-4,6-7,9-14,16,23-25H,5,8,15H2,1H3,(H,30,33)/t23?,24?,25?,28-/m1/s1. The number of amides is 1. The number of Topliss-reactive ketones (excluding diaryl/α,β-unsaturated/α-hetero) is 1. The maximum atomic E-state index is 14.3. The average molecular weight is 457 g/mol. The first kappa shape index (κ1) is 20.6. The summed E-state index contributed by atoms with van der Waals surface area (Å²) >= 11 is 6.45. The van der Waals surface area contributed by atoms with E-state index in [-0.39, 0.29) is 23.7 Å². The minimum atomic E-state index is -1.07. The molecule has 2 fully saturated rings. The highest BCUT2D eigenvalue weighted by molar-refractivity contribution is 6.31. The van der Waals surface area contributed by atoms with Crippen LogP contribution in [0.2, 0.25) is 5.02 Å². The predicted octanol–water partition coefficient (Wildman–Crippen LogP) is 5.56. The summed E-state index contributed by atoms with van der Waals surface area (Å²) in [6.07, 6.45) is 1.96. The van der Waals surface area contributed by atoms with Crippen molar-refractivity contribution in [3.8, 4) is 0 Å².